The third kappa shape index (κ3) is 7.15. The highest BCUT2D eigenvalue weighted by Crippen LogP contribution is 2.53. The molecule has 38 heavy (non-hydrogen) atoms. The molecule has 10 heteroatoms. The standard InChI is InChI=1S/C28H23N2O7P/c31-28(35-21-23-16-18-24(19-17-23)30(32)33)27(29-20-22-10-4-1-5-11-22)38(34,36-25-12-6-2-7-13-25)37-26-14-8-3-9-15-26/h1-20,27H,21H2. The van der Waals surface area contributed by atoms with Gasteiger partial charge in [0.25, 0.3) is 11.5 Å². The topological polar surface area (TPSA) is 117 Å². The average Bonchev–Trinajstić information content (AvgIpc) is 2.94. The number of rotatable bonds is 11. The zero-order valence-electron chi connectivity index (χ0n) is 20.0. The first-order chi connectivity index (χ1) is 18.4. The van der Waals surface area contributed by atoms with Gasteiger partial charge in [-0.1, -0.05) is 66.7 Å². The second-order valence-electron chi connectivity index (χ2n) is 7.94. The predicted molar refractivity (Wildman–Crippen MR) is 142 cm³/mol. The number of carbonyl (C=O) groups is 1. The van der Waals surface area contributed by atoms with Crippen molar-refractivity contribution in [3.8, 4) is 11.5 Å². The summed E-state index contributed by atoms with van der Waals surface area (Å²) in [5.74, 6) is -2.20. The first kappa shape index (κ1) is 26.3. The van der Waals surface area contributed by atoms with Gasteiger partial charge in [-0.15, -0.1) is 0 Å². The Balaban J connectivity index is 1.66. The maximum Gasteiger partial charge on any atom is 0.466 e. The fourth-order valence-electron chi connectivity index (χ4n) is 3.29. The van der Waals surface area contributed by atoms with Crippen LogP contribution in [0.2, 0.25) is 0 Å². The zero-order chi connectivity index (χ0) is 26.8. The van der Waals surface area contributed by atoms with E-state index in [9.17, 15) is 19.5 Å². The van der Waals surface area contributed by atoms with Crippen molar-refractivity contribution in [1.29, 1.82) is 0 Å². The summed E-state index contributed by atoms with van der Waals surface area (Å²) in [6, 6.07) is 31.1. The van der Waals surface area contributed by atoms with Gasteiger partial charge in [0, 0.05) is 18.3 Å². The van der Waals surface area contributed by atoms with Crippen molar-refractivity contribution in [1.82, 2.24) is 0 Å². The summed E-state index contributed by atoms with van der Waals surface area (Å²) in [5.41, 5.74) is 1.06. The largest absolute Gasteiger partial charge is 0.466 e. The van der Waals surface area contributed by atoms with E-state index in [0.717, 1.165) is 0 Å². The number of hydrogen-bond acceptors (Lipinski definition) is 8. The lowest BCUT2D eigenvalue weighted by Crippen LogP contribution is -2.26. The average molecular weight is 530 g/mol. The Bertz CT molecular complexity index is 1390. The summed E-state index contributed by atoms with van der Waals surface area (Å²) in [6.45, 7) is -0.231. The number of benzene rings is 4. The Morgan fingerprint density at radius 2 is 1.32 bits per heavy atom. The van der Waals surface area contributed by atoms with Gasteiger partial charge in [-0.05, 0) is 47.5 Å². The number of aliphatic imine (C=N–C) groups is 1. The first-order valence-corrected chi connectivity index (χ1v) is 13.1. The maximum atomic E-state index is 14.3. The predicted octanol–water partition coefficient (Wildman–Crippen LogP) is 6.43. The van der Waals surface area contributed by atoms with Gasteiger partial charge >= 0.3 is 13.6 Å². The summed E-state index contributed by atoms with van der Waals surface area (Å²) in [4.78, 5) is 28.1. The number of carbonyl (C=O) groups excluding carboxylic acids is 1. The number of hydrogen-bond donors (Lipinski definition) is 0. The molecule has 0 aliphatic rings. The minimum atomic E-state index is -4.37. The highest BCUT2D eigenvalue weighted by Gasteiger charge is 2.46. The molecule has 1 unspecified atom stereocenters. The van der Waals surface area contributed by atoms with Gasteiger partial charge in [0.05, 0.1) is 4.92 Å². The van der Waals surface area contributed by atoms with E-state index in [4.69, 9.17) is 13.8 Å². The van der Waals surface area contributed by atoms with Crippen molar-refractivity contribution in [2.45, 2.75) is 12.4 Å². The molecule has 192 valence electrons. The molecular weight excluding hydrogens is 507 g/mol. The lowest BCUT2D eigenvalue weighted by molar-refractivity contribution is -0.384. The molecule has 0 N–H and O–H groups in total. The summed E-state index contributed by atoms with van der Waals surface area (Å²) in [5, 5.41) is 10.9. The van der Waals surface area contributed by atoms with E-state index < -0.39 is 24.3 Å². The Morgan fingerprint density at radius 3 is 1.82 bits per heavy atom. The summed E-state index contributed by atoms with van der Waals surface area (Å²) >= 11 is 0. The molecule has 0 bridgehead atoms. The van der Waals surface area contributed by atoms with Crippen molar-refractivity contribution in [3.05, 3.63) is 137 Å². The zero-order valence-corrected chi connectivity index (χ0v) is 20.9. The molecule has 0 radical (unpaired) electrons. The van der Waals surface area contributed by atoms with Crippen LogP contribution in [0.1, 0.15) is 11.1 Å². The highest BCUT2D eigenvalue weighted by molar-refractivity contribution is 7.56. The second kappa shape index (κ2) is 12.5. The monoisotopic (exact) mass is 530 g/mol. The quantitative estimate of drug-likeness (QED) is 0.0720. The summed E-state index contributed by atoms with van der Waals surface area (Å²) in [7, 11) is -4.37. The van der Waals surface area contributed by atoms with Crippen LogP contribution in [-0.2, 0) is 20.7 Å². The van der Waals surface area contributed by atoms with Crippen LogP contribution in [0.3, 0.4) is 0 Å². The molecule has 1 atom stereocenters. The Labute approximate surface area is 219 Å². The van der Waals surface area contributed by atoms with Crippen molar-refractivity contribution in [3.63, 3.8) is 0 Å². The van der Waals surface area contributed by atoms with Crippen LogP contribution < -0.4 is 9.05 Å². The third-order valence-electron chi connectivity index (χ3n) is 5.15. The van der Waals surface area contributed by atoms with Gasteiger partial charge in [-0.2, -0.15) is 0 Å². The fourth-order valence-corrected chi connectivity index (χ4v) is 4.92. The Morgan fingerprint density at radius 1 is 0.816 bits per heavy atom. The smallest absolute Gasteiger partial charge is 0.459 e. The number of ether oxygens (including phenoxy) is 1. The van der Waals surface area contributed by atoms with E-state index in [-0.39, 0.29) is 23.8 Å². The number of nitro benzene ring substituents is 1. The van der Waals surface area contributed by atoms with Gasteiger partial charge in [0.15, 0.2) is 0 Å². The Hall–Kier alpha value is -4.75. The molecule has 4 aromatic rings. The molecule has 0 amide bonds. The molecule has 4 aromatic carbocycles. The Kier molecular flexibility index (Phi) is 8.64. The molecule has 0 aliphatic carbocycles. The first-order valence-electron chi connectivity index (χ1n) is 11.5. The number of nitro groups is 1. The van der Waals surface area contributed by atoms with E-state index in [1.807, 2.05) is 6.07 Å². The van der Waals surface area contributed by atoms with E-state index in [1.54, 1.807) is 84.9 Å². The van der Waals surface area contributed by atoms with Gasteiger partial charge in [-0.3, -0.25) is 15.1 Å². The fraction of sp³-hybridized carbons (Fsp3) is 0.0714. The number of non-ortho nitro benzene ring substituents is 1. The van der Waals surface area contributed by atoms with Crippen molar-refractivity contribution in [2.75, 3.05) is 0 Å². The number of para-hydroxylation sites is 2. The van der Waals surface area contributed by atoms with Crippen molar-refractivity contribution >= 4 is 25.5 Å². The van der Waals surface area contributed by atoms with Gasteiger partial charge in [-0.25, -0.2) is 9.36 Å². The van der Waals surface area contributed by atoms with Crippen LogP contribution >= 0.6 is 7.60 Å². The molecule has 0 saturated carbocycles. The maximum absolute atomic E-state index is 14.3. The normalized spacial score (nSPS) is 12.0. The molecule has 0 fully saturated rings. The van der Waals surface area contributed by atoms with Crippen LogP contribution in [0.25, 0.3) is 0 Å². The summed E-state index contributed by atoms with van der Waals surface area (Å²) < 4.78 is 31.4. The minimum Gasteiger partial charge on any atom is -0.459 e. The second-order valence-corrected chi connectivity index (χ2v) is 9.88. The molecule has 0 spiro atoms. The molecule has 0 saturated heterocycles. The molecule has 0 aromatic heterocycles. The van der Waals surface area contributed by atoms with Gasteiger partial charge in [0.1, 0.15) is 18.1 Å². The lowest BCUT2D eigenvalue weighted by Gasteiger charge is -2.24. The van der Waals surface area contributed by atoms with Crippen LogP contribution in [0.4, 0.5) is 5.69 Å². The van der Waals surface area contributed by atoms with E-state index >= 15 is 0 Å². The van der Waals surface area contributed by atoms with Crippen molar-refractivity contribution in [2.24, 2.45) is 4.99 Å². The molecule has 4 rings (SSSR count). The van der Waals surface area contributed by atoms with Crippen LogP contribution in [-0.4, -0.2) is 22.9 Å². The van der Waals surface area contributed by atoms with Crippen LogP contribution in [0.15, 0.2) is 120 Å². The third-order valence-corrected chi connectivity index (χ3v) is 7.03. The lowest BCUT2D eigenvalue weighted by atomic mass is 10.2. The highest BCUT2D eigenvalue weighted by atomic mass is 31.2. The van der Waals surface area contributed by atoms with E-state index in [2.05, 4.69) is 4.99 Å². The van der Waals surface area contributed by atoms with Crippen LogP contribution in [0, 0.1) is 10.1 Å². The van der Waals surface area contributed by atoms with E-state index in [1.165, 1.54) is 30.5 Å². The molecular formula is C28H23N2O7P. The number of esters is 1. The molecule has 0 aliphatic heterocycles. The molecule has 9 nitrogen and oxygen atoms in total. The number of nitrogens with zero attached hydrogens (tertiary/aromatic N) is 2. The van der Waals surface area contributed by atoms with Crippen LogP contribution in [0.5, 0.6) is 11.5 Å². The van der Waals surface area contributed by atoms with E-state index in [0.29, 0.717) is 11.1 Å². The van der Waals surface area contributed by atoms with Crippen molar-refractivity contribution < 1.29 is 28.1 Å². The SMILES string of the molecule is O=C(OCc1ccc([N+](=O)[O-])cc1)C(N=Cc1ccccc1)P(=O)(Oc1ccccc1)Oc1ccccc1. The van der Waals surface area contributed by atoms with Gasteiger partial charge in [0.2, 0.25) is 0 Å². The summed E-state index contributed by atoms with van der Waals surface area (Å²) in [6.07, 6.45) is 1.40. The molecule has 0 heterocycles. The minimum absolute atomic E-state index is 0.0950. The van der Waals surface area contributed by atoms with Gasteiger partial charge < -0.3 is 13.8 Å².